The zero-order chi connectivity index (χ0) is 23.7. The van der Waals surface area contributed by atoms with Gasteiger partial charge in [-0.05, 0) is 50.1 Å². The third-order valence-corrected chi connectivity index (χ3v) is 5.67. The molecule has 0 saturated heterocycles. The van der Waals surface area contributed by atoms with E-state index in [-0.39, 0.29) is 5.91 Å². The van der Waals surface area contributed by atoms with E-state index in [0.29, 0.717) is 34.5 Å². The van der Waals surface area contributed by atoms with Crippen LogP contribution in [0.3, 0.4) is 0 Å². The van der Waals surface area contributed by atoms with Gasteiger partial charge in [-0.15, -0.1) is 0 Å². The maximum absolute atomic E-state index is 13.6. The van der Waals surface area contributed by atoms with Crippen molar-refractivity contribution in [3.63, 3.8) is 0 Å². The van der Waals surface area contributed by atoms with Gasteiger partial charge in [0.25, 0.3) is 5.91 Å². The van der Waals surface area contributed by atoms with Crippen molar-refractivity contribution in [2.24, 2.45) is 0 Å². The van der Waals surface area contributed by atoms with Crippen molar-refractivity contribution < 1.29 is 19.0 Å². The molecule has 0 radical (unpaired) electrons. The molecule has 4 rings (SSSR count). The van der Waals surface area contributed by atoms with Crippen LogP contribution >= 0.6 is 0 Å². The number of anilines is 2. The van der Waals surface area contributed by atoms with Crippen molar-refractivity contribution in [1.82, 2.24) is 14.8 Å². The lowest BCUT2D eigenvalue weighted by atomic mass is 9.94. The third kappa shape index (κ3) is 3.97. The number of hydrogen-bond acceptors (Lipinski definition) is 7. The summed E-state index contributed by atoms with van der Waals surface area (Å²) >= 11 is 0. The molecule has 0 spiro atoms. The molecule has 2 N–H and O–H groups in total. The molecule has 3 aromatic rings. The van der Waals surface area contributed by atoms with E-state index in [1.54, 1.807) is 26.0 Å². The fourth-order valence-corrected chi connectivity index (χ4v) is 4.10. The molecule has 0 bridgehead atoms. The first-order chi connectivity index (χ1) is 15.9. The molecule has 1 aliphatic heterocycles. The number of allylic oxidation sites excluding steroid dienone is 1. The van der Waals surface area contributed by atoms with Gasteiger partial charge in [0.2, 0.25) is 11.7 Å². The van der Waals surface area contributed by atoms with Gasteiger partial charge in [-0.2, -0.15) is 10.1 Å². The van der Waals surface area contributed by atoms with E-state index in [2.05, 4.69) is 20.7 Å². The molecule has 33 heavy (non-hydrogen) atoms. The summed E-state index contributed by atoms with van der Waals surface area (Å²) in [6, 6.07) is 8.98. The minimum absolute atomic E-state index is 0.244. The van der Waals surface area contributed by atoms with Crippen LogP contribution in [0.4, 0.5) is 11.6 Å². The van der Waals surface area contributed by atoms with Crippen LogP contribution < -0.4 is 24.8 Å². The van der Waals surface area contributed by atoms with Crippen LogP contribution in [0.2, 0.25) is 0 Å². The fraction of sp³-hybridized carbons (Fsp3) is 0.292. The second-order valence-corrected chi connectivity index (χ2v) is 7.83. The smallest absolute Gasteiger partial charge is 0.255 e. The first-order valence-electron chi connectivity index (χ1n) is 10.4. The SMILES string of the molecule is COc1cc([C@H]2C(C(=O)Nc3ccc(C)cc3C)=C(C)Nc3ncnn32)cc(OC)c1OC. The number of nitrogens with one attached hydrogen (secondary N) is 2. The highest BCUT2D eigenvalue weighted by Gasteiger charge is 2.35. The highest BCUT2D eigenvalue weighted by molar-refractivity contribution is 6.06. The Morgan fingerprint density at radius 1 is 1.03 bits per heavy atom. The van der Waals surface area contributed by atoms with Gasteiger partial charge >= 0.3 is 0 Å². The van der Waals surface area contributed by atoms with Crippen LogP contribution in [0.25, 0.3) is 0 Å². The molecular formula is C24H27N5O4. The molecule has 1 aromatic heterocycles. The topological polar surface area (TPSA) is 99.5 Å². The van der Waals surface area contributed by atoms with E-state index in [1.165, 1.54) is 6.33 Å². The zero-order valence-electron chi connectivity index (χ0n) is 19.5. The van der Waals surface area contributed by atoms with Crippen LogP contribution in [0.5, 0.6) is 17.2 Å². The number of aromatic nitrogens is 3. The summed E-state index contributed by atoms with van der Waals surface area (Å²) in [5, 5.41) is 10.6. The van der Waals surface area contributed by atoms with Gasteiger partial charge < -0.3 is 24.8 Å². The second-order valence-electron chi connectivity index (χ2n) is 7.83. The summed E-state index contributed by atoms with van der Waals surface area (Å²) in [5.41, 5.74) is 4.78. The number of rotatable bonds is 6. The van der Waals surface area contributed by atoms with Crippen molar-refractivity contribution in [1.29, 1.82) is 0 Å². The highest BCUT2D eigenvalue weighted by atomic mass is 16.5. The average molecular weight is 450 g/mol. The number of carbonyl (C=O) groups excluding carboxylic acids is 1. The lowest BCUT2D eigenvalue weighted by molar-refractivity contribution is -0.113. The Labute approximate surface area is 192 Å². The van der Waals surface area contributed by atoms with Crippen molar-refractivity contribution in [2.45, 2.75) is 26.8 Å². The standard InChI is InChI=1S/C24H27N5O4/c1-13-7-8-17(14(2)9-13)28-23(30)20-15(3)27-24-25-12-26-29(24)21(20)16-10-18(31-4)22(33-6)19(11-16)32-5/h7-12,21H,1-6H3,(H,28,30)(H,25,26,27)/t21-/m0/s1. The van der Waals surface area contributed by atoms with Gasteiger partial charge in [0, 0.05) is 11.4 Å². The van der Waals surface area contributed by atoms with E-state index >= 15 is 0 Å². The van der Waals surface area contributed by atoms with Crippen molar-refractivity contribution in [3.8, 4) is 17.2 Å². The number of carbonyl (C=O) groups is 1. The lowest BCUT2D eigenvalue weighted by Gasteiger charge is -2.29. The Kier molecular flexibility index (Phi) is 5.95. The van der Waals surface area contributed by atoms with Crippen LogP contribution in [0.1, 0.15) is 29.7 Å². The molecule has 172 valence electrons. The number of amides is 1. The zero-order valence-corrected chi connectivity index (χ0v) is 19.5. The predicted octanol–water partition coefficient (Wildman–Crippen LogP) is 3.85. The Bertz CT molecular complexity index is 1220. The van der Waals surface area contributed by atoms with Gasteiger partial charge in [0.05, 0.1) is 26.9 Å². The molecule has 1 amide bonds. The van der Waals surface area contributed by atoms with Crippen LogP contribution in [0.15, 0.2) is 47.9 Å². The minimum atomic E-state index is -0.566. The third-order valence-electron chi connectivity index (χ3n) is 5.67. The Morgan fingerprint density at radius 3 is 2.33 bits per heavy atom. The lowest BCUT2D eigenvalue weighted by Crippen LogP contribution is -2.31. The summed E-state index contributed by atoms with van der Waals surface area (Å²) in [6.07, 6.45) is 1.45. The van der Waals surface area contributed by atoms with Gasteiger partial charge in [0.1, 0.15) is 12.4 Å². The minimum Gasteiger partial charge on any atom is -0.493 e. The molecule has 0 unspecified atom stereocenters. The summed E-state index contributed by atoms with van der Waals surface area (Å²) in [4.78, 5) is 17.9. The molecule has 2 aromatic carbocycles. The number of methoxy groups -OCH3 is 3. The molecule has 0 aliphatic carbocycles. The Hall–Kier alpha value is -4.01. The van der Waals surface area contributed by atoms with E-state index in [4.69, 9.17) is 14.2 Å². The maximum atomic E-state index is 13.6. The fourth-order valence-electron chi connectivity index (χ4n) is 4.10. The monoisotopic (exact) mass is 449 g/mol. The molecule has 0 fully saturated rings. The predicted molar refractivity (Wildman–Crippen MR) is 125 cm³/mol. The first kappa shape index (κ1) is 22.2. The van der Waals surface area contributed by atoms with Crippen molar-refractivity contribution >= 4 is 17.5 Å². The van der Waals surface area contributed by atoms with Gasteiger partial charge in [-0.1, -0.05) is 17.7 Å². The Balaban J connectivity index is 1.83. The maximum Gasteiger partial charge on any atom is 0.255 e. The summed E-state index contributed by atoms with van der Waals surface area (Å²) in [5.74, 6) is 1.73. The van der Waals surface area contributed by atoms with E-state index in [9.17, 15) is 4.79 Å². The number of aryl methyl sites for hydroxylation is 2. The van der Waals surface area contributed by atoms with Gasteiger partial charge in [-0.3, -0.25) is 4.79 Å². The molecule has 9 nitrogen and oxygen atoms in total. The van der Waals surface area contributed by atoms with E-state index < -0.39 is 6.04 Å². The number of nitrogens with zero attached hydrogens (tertiary/aromatic N) is 3. The summed E-state index contributed by atoms with van der Waals surface area (Å²) in [6.45, 7) is 5.83. The first-order valence-corrected chi connectivity index (χ1v) is 10.4. The normalized spacial score (nSPS) is 14.9. The average Bonchev–Trinajstić information content (AvgIpc) is 3.26. The quantitative estimate of drug-likeness (QED) is 0.590. The van der Waals surface area contributed by atoms with E-state index in [1.807, 2.05) is 51.1 Å². The number of benzene rings is 2. The molecule has 1 atom stereocenters. The molecule has 1 aliphatic rings. The van der Waals surface area contributed by atoms with Crippen molar-refractivity contribution in [3.05, 3.63) is 64.6 Å². The number of ether oxygens (including phenoxy) is 3. The summed E-state index contributed by atoms with van der Waals surface area (Å²) in [7, 11) is 4.66. The largest absolute Gasteiger partial charge is 0.493 e. The van der Waals surface area contributed by atoms with Crippen molar-refractivity contribution in [2.75, 3.05) is 32.0 Å². The van der Waals surface area contributed by atoms with Crippen LogP contribution in [0, 0.1) is 13.8 Å². The Morgan fingerprint density at radius 2 is 1.73 bits per heavy atom. The van der Waals surface area contributed by atoms with Crippen LogP contribution in [-0.2, 0) is 4.79 Å². The molecule has 0 saturated carbocycles. The highest BCUT2D eigenvalue weighted by Crippen LogP contribution is 2.43. The van der Waals surface area contributed by atoms with Gasteiger partial charge in [-0.25, -0.2) is 4.68 Å². The number of hydrogen-bond donors (Lipinski definition) is 2. The van der Waals surface area contributed by atoms with E-state index in [0.717, 1.165) is 22.4 Å². The molecular weight excluding hydrogens is 422 g/mol. The van der Waals surface area contributed by atoms with Crippen LogP contribution in [-0.4, -0.2) is 42.0 Å². The number of fused-ring (bicyclic) bond motifs is 1. The summed E-state index contributed by atoms with van der Waals surface area (Å²) < 4.78 is 18.2. The van der Waals surface area contributed by atoms with Gasteiger partial charge in [0.15, 0.2) is 11.5 Å². The molecule has 9 heteroatoms. The molecule has 2 heterocycles. The second kappa shape index (κ2) is 8.85.